The first kappa shape index (κ1) is 23.2. The van der Waals surface area contributed by atoms with Gasteiger partial charge in [0.15, 0.2) is 5.96 Å². The molecule has 6 heteroatoms. The molecule has 1 aromatic rings. The number of aliphatic hydroxyl groups excluding tert-OH is 1. The van der Waals surface area contributed by atoms with Crippen molar-refractivity contribution >= 4 is 5.96 Å². The average Bonchev–Trinajstić information content (AvgIpc) is 2.61. The van der Waals surface area contributed by atoms with Crippen LogP contribution in [0.5, 0.6) is 0 Å². The fraction of sp³-hybridized carbons (Fsp3) is 0.714. The number of guanidine groups is 1. The predicted molar refractivity (Wildman–Crippen MR) is 113 cm³/mol. The molecule has 0 aliphatic rings. The number of aliphatic imine (C=N–C) groups is 1. The summed E-state index contributed by atoms with van der Waals surface area (Å²) in [7, 11) is 0. The van der Waals surface area contributed by atoms with Crippen LogP contribution in [0.3, 0.4) is 0 Å². The summed E-state index contributed by atoms with van der Waals surface area (Å²) in [6.45, 7) is 11.8. The lowest BCUT2D eigenvalue weighted by Crippen LogP contribution is -2.38. The molecule has 0 radical (unpaired) electrons. The zero-order valence-electron chi connectivity index (χ0n) is 17.5. The molecule has 0 aliphatic carbocycles. The molecule has 1 rings (SSSR count). The molecule has 1 unspecified atom stereocenters. The fourth-order valence-corrected chi connectivity index (χ4v) is 3.21. The van der Waals surface area contributed by atoms with E-state index in [9.17, 15) is 9.90 Å². The summed E-state index contributed by atoms with van der Waals surface area (Å²) in [4.78, 5) is 16.6. The Labute approximate surface area is 164 Å². The molecule has 0 fully saturated rings. The van der Waals surface area contributed by atoms with Crippen molar-refractivity contribution in [3.8, 4) is 0 Å². The van der Waals surface area contributed by atoms with E-state index in [1.54, 1.807) is 12.1 Å². The molecule has 0 bridgehead atoms. The summed E-state index contributed by atoms with van der Waals surface area (Å²) in [5.74, 6) is 1.85. The third-order valence-corrected chi connectivity index (χ3v) is 4.56. The lowest BCUT2D eigenvalue weighted by molar-refractivity contribution is 0.245. The molecule has 0 saturated heterocycles. The molecule has 0 saturated carbocycles. The molecule has 1 atom stereocenters. The minimum atomic E-state index is 0.0675. The lowest BCUT2D eigenvalue weighted by Gasteiger charge is -2.17. The second kappa shape index (κ2) is 13.4. The van der Waals surface area contributed by atoms with Crippen LogP contribution in [0.2, 0.25) is 0 Å². The van der Waals surface area contributed by atoms with Crippen molar-refractivity contribution in [2.45, 2.75) is 59.9 Å². The van der Waals surface area contributed by atoms with E-state index in [-0.39, 0.29) is 12.2 Å². The zero-order chi connectivity index (χ0) is 20.1. The Balaban J connectivity index is 2.44. The maximum absolute atomic E-state index is 11.9. The maximum atomic E-state index is 11.9. The van der Waals surface area contributed by atoms with E-state index in [4.69, 9.17) is 4.99 Å². The minimum Gasteiger partial charge on any atom is -0.396 e. The Hall–Kier alpha value is -1.82. The smallest absolute Gasteiger partial charge is 0.250 e. The normalized spacial score (nSPS) is 13.0. The van der Waals surface area contributed by atoms with Gasteiger partial charge in [-0.2, -0.15) is 0 Å². The van der Waals surface area contributed by atoms with E-state index >= 15 is 0 Å². The van der Waals surface area contributed by atoms with Crippen molar-refractivity contribution in [2.75, 3.05) is 26.2 Å². The molecule has 0 amide bonds. The summed E-state index contributed by atoms with van der Waals surface area (Å²) in [6.07, 6.45) is 3.79. The molecule has 1 heterocycles. The van der Waals surface area contributed by atoms with Gasteiger partial charge in [-0.1, -0.05) is 19.9 Å². The SMILES string of the molecule is CCNC(=NCC(CCO)CC(C)C)NCCCCn1c(C)cccc1=O. The van der Waals surface area contributed by atoms with Crippen LogP contribution in [0, 0.1) is 18.8 Å². The van der Waals surface area contributed by atoms with Gasteiger partial charge in [0.05, 0.1) is 0 Å². The van der Waals surface area contributed by atoms with Crippen LogP contribution >= 0.6 is 0 Å². The summed E-state index contributed by atoms with van der Waals surface area (Å²) < 4.78 is 1.82. The van der Waals surface area contributed by atoms with E-state index in [1.165, 1.54) is 0 Å². The molecular formula is C21H38N4O2. The van der Waals surface area contributed by atoms with Crippen molar-refractivity contribution in [3.63, 3.8) is 0 Å². The Morgan fingerprint density at radius 3 is 2.67 bits per heavy atom. The van der Waals surface area contributed by atoms with Crippen LogP contribution in [-0.4, -0.2) is 41.9 Å². The largest absolute Gasteiger partial charge is 0.396 e. The highest BCUT2D eigenvalue weighted by Crippen LogP contribution is 2.15. The zero-order valence-corrected chi connectivity index (χ0v) is 17.5. The van der Waals surface area contributed by atoms with E-state index in [0.717, 1.165) is 63.5 Å². The van der Waals surface area contributed by atoms with Crippen molar-refractivity contribution in [1.29, 1.82) is 0 Å². The Morgan fingerprint density at radius 1 is 1.26 bits per heavy atom. The van der Waals surface area contributed by atoms with Crippen LogP contribution in [0.15, 0.2) is 28.0 Å². The molecule has 1 aromatic heterocycles. The lowest BCUT2D eigenvalue weighted by atomic mass is 9.94. The highest BCUT2D eigenvalue weighted by atomic mass is 16.3. The molecule has 0 aromatic carbocycles. The Kier molecular flexibility index (Phi) is 11.5. The highest BCUT2D eigenvalue weighted by molar-refractivity contribution is 5.79. The number of aryl methyl sites for hydroxylation is 1. The number of aromatic nitrogens is 1. The number of hydrogen-bond donors (Lipinski definition) is 3. The molecule has 3 N–H and O–H groups in total. The first-order chi connectivity index (χ1) is 13.0. The number of hydrogen-bond acceptors (Lipinski definition) is 3. The summed E-state index contributed by atoms with van der Waals surface area (Å²) in [5, 5.41) is 15.9. The van der Waals surface area contributed by atoms with Gasteiger partial charge in [0.1, 0.15) is 0 Å². The van der Waals surface area contributed by atoms with Gasteiger partial charge in [-0.3, -0.25) is 9.79 Å². The average molecular weight is 379 g/mol. The van der Waals surface area contributed by atoms with Crippen LogP contribution in [-0.2, 0) is 6.54 Å². The van der Waals surface area contributed by atoms with Gasteiger partial charge >= 0.3 is 0 Å². The monoisotopic (exact) mass is 378 g/mol. The Bertz CT molecular complexity index is 610. The van der Waals surface area contributed by atoms with Gasteiger partial charge in [-0.05, 0) is 57.4 Å². The standard InChI is InChI=1S/C21H38N4O2/c1-5-22-21(24-16-19(11-14-26)15-17(2)3)23-12-6-7-13-25-18(4)9-8-10-20(25)27/h8-10,17,19,26H,5-7,11-16H2,1-4H3,(H2,22,23,24). The van der Waals surface area contributed by atoms with Crippen molar-refractivity contribution in [1.82, 2.24) is 15.2 Å². The van der Waals surface area contributed by atoms with Crippen molar-refractivity contribution < 1.29 is 5.11 Å². The molecule has 6 nitrogen and oxygen atoms in total. The molecule has 27 heavy (non-hydrogen) atoms. The topological polar surface area (TPSA) is 78.7 Å². The van der Waals surface area contributed by atoms with Crippen molar-refractivity contribution in [3.05, 3.63) is 34.2 Å². The Morgan fingerprint density at radius 2 is 2.04 bits per heavy atom. The third kappa shape index (κ3) is 9.61. The van der Waals surface area contributed by atoms with Crippen LogP contribution < -0.4 is 16.2 Å². The van der Waals surface area contributed by atoms with E-state index < -0.39 is 0 Å². The quantitative estimate of drug-likeness (QED) is 0.297. The van der Waals surface area contributed by atoms with E-state index in [2.05, 4.69) is 31.4 Å². The van der Waals surface area contributed by atoms with Gasteiger partial charge in [-0.15, -0.1) is 0 Å². The van der Waals surface area contributed by atoms with Gasteiger partial charge in [0.25, 0.3) is 5.56 Å². The van der Waals surface area contributed by atoms with Crippen LogP contribution in [0.4, 0.5) is 0 Å². The molecular weight excluding hydrogens is 340 g/mol. The number of rotatable bonds is 12. The van der Waals surface area contributed by atoms with Crippen LogP contribution in [0.1, 0.15) is 52.1 Å². The number of pyridine rings is 1. The predicted octanol–water partition coefficient (Wildman–Crippen LogP) is 2.54. The van der Waals surface area contributed by atoms with Gasteiger partial charge in [-0.25, -0.2) is 0 Å². The van der Waals surface area contributed by atoms with E-state index in [1.807, 2.05) is 17.6 Å². The highest BCUT2D eigenvalue weighted by Gasteiger charge is 2.10. The third-order valence-electron chi connectivity index (χ3n) is 4.56. The van der Waals surface area contributed by atoms with Gasteiger partial charge in [0.2, 0.25) is 0 Å². The molecule has 0 spiro atoms. The van der Waals surface area contributed by atoms with E-state index in [0.29, 0.717) is 11.8 Å². The first-order valence-electron chi connectivity index (χ1n) is 10.3. The number of aliphatic hydroxyl groups is 1. The maximum Gasteiger partial charge on any atom is 0.250 e. The molecule has 154 valence electrons. The fourth-order valence-electron chi connectivity index (χ4n) is 3.21. The molecule has 0 aliphatic heterocycles. The summed E-state index contributed by atoms with van der Waals surface area (Å²) in [5.41, 5.74) is 1.07. The second-order valence-corrected chi connectivity index (χ2v) is 7.52. The summed E-state index contributed by atoms with van der Waals surface area (Å²) in [6, 6.07) is 5.38. The summed E-state index contributed by atoms with van der Waals surface area (Å²) >= 11 is 0. The van der Waals surface area contributed by atoms with Crippen molar-refractivity contribution in [2.24, 2.45) is 16.8 Å². The van der Waals surface area contributed by atoms with Gasteiger partial charge in [0, 0.05) is 44.5 Å². The first-order valence-corrected chi connectivity index (χ1v) is 10.3. The number of nitrogens with one attached hydrogen (secondary N) is 2. The minimum absolute atomic E-state index is 0.0675. The number of nitrogens with zero attached hydrogens (tertiary/aromatic N) is 2. The van der Waals surface area contributed by atoms with Crippen LogP contribution in [0.25, 0.3) is 0 Å². The second-order valence-electron chi connectivity index (χ2n) is 7.52. The van der Waals surface area contributed by atoms with Gasteiger partial charge < -0.3 is 20.3 Å². The number of unbranched alkanes of at least 4 members (excludes halogenated alkanes) is 1.